The topological polar surface area (TPSA) is 75.4 Å². The van der Waals surface area contributed by atoms with Crippen LogP contribution in [0.15, 0.2) is 46.9 Å². The molecule has 0 unspecified atom stereocenters. The summed E-state index contributed by atoms with van der Waals surface area (Å²) < 4.78 is 0.547. The summed E-state index contributed by atoms with van der Waals surface area (Å²) in [5.41, 5.74) is 7.79. The number of halogens is 1. The summed E-state index contributed by atoms with van der Waals surface area (Å²) in [6.45, 7) is 0. The molecule has 0 saturated carbocycles. The van der Waals surface area contributed by atoms with E-state index in [-0.39, 0.29) is 11.7 Å². The first-order valence-corrected chi connectivity index (χ1v) is 6.97. The van der Waals surface area contributed by atoms with Gasteiger partial charge in [-0.25, -0.2) is 0 Å². The van der Waals surface area contributed by atoms with Gasteiger partial charge in [0.05, 0.1) is 10.2 Å². The summed E-state index contributed by atoms with van der Waals surface area (Å²) in [4.78, 5) is 11.9. The third kappa shape index (κ3) is 3.74. The van der Waals surface area contributed by atoms with Gasteiger partial charge in [-0.15, -0.1) is 0 Å². The van der Waals surface area contributed by atoms with Gasteiger partial charge in [0.1, 0.15) is 0 Å². The van der Waals surface area contributed by atoms with Crippen LogP contribution in [0.25, 0.3) is 0 Å². The van der Waals surface area contributed by atoms with E-state index in [0.717, 1.165) is 5.56 Å². The number of aromatic hydroxyl groups is 1. The van der Waals surface area contributed by atoms with Crippen LogP contribution in [-0.4, -0.2) is 11.0 Å². The molecule has 5 heteroatoms. The zero-order chi connectivity index (χ0) is 14.5. The Balaban J connectivity index is 1.94. The van der Waals surface area contributed by atoms with Crippen molar-refractivity contribution in [1.29, 1.82) is 0 Å². The number of nitrogens with one attached hydrogen (secondary N) is 1. The molecule has 2 rings (SSSR count). The van der Waals surface area contributed by atoms with Gasteiger partial charge in [0.2, 0.25) is 5.91 Å². The SMILES string of the molecule is Nc1cccc(CCC(=O)Nc2cccc(Br)c2O)c1. The van der Waals surface area contributed by atoms with E-state index in [0.29, 0.717) is 28.7 Å². The molecule has 1 amide bonds. The normalized spacial score (nSPS) is 10.2. The number of hydrogen-bond donors (Lipinski definition) is 3. The summed E-state index contributed by atoms with van der Waals surface area (Å²) in [7, 11) is 0. The van der Waals surface area contributed by atoms with E-state index in [1.54, 1.807) is 18.2 Å². The number of carbonyl (C=O) groups excluding carboxylic acids is 1. The Labute approximate surface area is 125 Å². The number of rotatable bonds is 4. The molecule has 4 nitrogen and oxygen atoms in total. The fourth-order valence-corrected chi connectivity index (χ4v) is 2.20. The second-order valence-electron chi connectivity index (χ2n) is 4.43. The average Bonchev–Trinajstić information content (AvgIpc) is 2.42. The van der Waals surface area contributed by atoms with Crippen molar-refractivity contribution in [1.82, 2.24) is 0 Å². The van der Waals surface area contributed by atoms with Crippen molar-refractivity contribution in [3.05, 3.63) is 52.5 Å². The molecule has 20 heavy (non-hydrogen) atoms. The van der Waals surface area contributed by atoms with Crippen molar-refractivity contribution >= 4 is 33.2 Å². The standard InChI is InChI=1S/C15H15BrN2O2/c16-12-5-2-6-13(15(12)20)18-14(19)8-7-10-3-1-4-11(17)9-10/h1-6,9,20H,7-8,17H2,(H,18,19). The van der Waals surface area contributed by atoms with Gasteiger partial charge in [0.15, 0.2) is 5.75 Å². The highest BCUT2D eigenvalue weighted by Gasteiger charge is 2.08. The number of amides is 1. The van der Waals surface area contributed by atoms with Gasteiger partial charge in [-0.05, 0) is 52.2 Å². The van der Waals surface area contributed by atoms with Crippen LogP contribution in [-0.2, 0) is 11.2 Å². The molecule has 0 aromatic heterocycles. The van der Waals surface area contributed by atoms with Crippen LogP contribution in [0, 0.1) is 0 Å². The van der Waals surface area contributed by atoms with E-state index < -0.39 is 0 Å². The third-order valence-corrected chi connectivity index (χ3v) is 3.49. The van der Waals surface area contributed by atoms with E-state index in [9.17, 15) is 9.90 Å². The van der Waals surface area contributed by atoms with Crippen LogP contribution in [0.2, 0.25) is 0 Å². The molecule has 0 aliphatic rings. The quantitative estimate of drug-likeness (QED) is 0.593. The molecule has 104 valence electrons. The van der Waals surface area contributed by atoms with Crippen LogP contribution < -0.4 is 11.1 Å². The zero-order valence-corrected chi connectivity index (χ0v) is 12.4. The van der Waals surface area contributed by atoms with Crippen LogP contribution in [0.4, 0.5) is 11.4 Å². The fraction of sp³-hybridized carbons (Fsp3) is 0.133. The lowest BCUT2D eigenvalue weighted by Gasteiger charge is -2.08. The number of aryl methyl sites for hydroxylation is 1. The molecular formula is C15H15BrN2O2. The first-order valence-electron chi connectivity index (χ1n) is 6.18. The molecule has 0 aliphatic heterocycles. The molecule has 0 saturated heterocycles. The van der Waals surface area contributed by atoms with Gasteiger partial charge in [-0.1, -0.05) is 18.2 Å². The first-order chi connectivity index (χ1) is 9.56. The van der Waals surface area contributed by atoms with Crippen molar-refractivity contribution in [3.63, 3.8) is 0 Å². The maximum atomic E-state index is 11.9. The number of anilines is 2. The third-order valence-electron chi connectivity index (χ3n) is 2.85. The highest BCUT2D eigenvalue weighted by molar-refractivity contribution is 9.10. The predicted molar refractivity (Wildman–Crippen MR) is 83.6 cm³/mol. The lowest BCUT2D eigenvalue weighted by molar-refractivity contribution is -0.116. The molecule has 0 spiro atoms. The second-order valence-corrected chi connectivity index (χ2v) is 5.28. The monoisotopic (exact) mass is 334 g/mol. The minimum Gasteiger partial charge on any atom is -0.505 e. The Kier molecular flexibility index (Phi) is 4.63. The Morgan fingerprint density at radius 1 is 1.25 bits per heavy atom. The van der Waals surface area contributed by atoms with Gasteiger partial charge >= 0.3 is 0 Å². The van der Waals surface area contributed by atoms with Crippen molar-refractivity contribution in [2.24, 2.45) is 0 Å². The molecule has 2 aromatic carbocycles. The summed E-state index contributed by atoms with van der Waals surface area (Å²) in [5, 5.41) is 12.5. The second kappa shape index (κ2) is 6.43. The minimum atomic E-state index is -0.152. The van der Waals surface area contributed by atoms with Gasteiger partial charge in [0.25, 0.3) is 0 Å². The summed E-state index contributed by atoms with van der Waals surface area (Å²) in [6, 6.07) is 12.6. The Morgan fingerprint density at radius 3 is 2.75 bits per heavy atom. The summed E-state index contributed by atoms with van der Waals surface area (Å²) in [5.74, 6) is -0.120. The lowest BCUT2D eigenvalue weighted by atomic mass is 10.1. The maximum Gasteiger partial charge on any atom is 0.224 e. The van der Waals surface area contributed by atoms with Crippen LogP contribution in [0.3, 0.4) is 0 Å². The van der Waals surface area contributed by atoms with E-state index in [2.05, 4.69) is 21.2 Å². The first kappa shape index (κ1) is 14.4. The Hall–Kier alpha value is -2.01. The number of carbonyl (C=O) groups is 1. The van der Waals surface area contributed by atoms with Crippen LogP contribution >= 0.6 is 15.9 Å². The zero-order valence-electron chi connectivity index (χ0n) is 10.8. The summed E-state index contributed by atoms with van der Waals surface area (Å²) >= 11 is 3.20. The molecule has 0 fully saturated rings. The maximum absolute atomic E-state index is 11.9. The van der Waals surface area contributed by atoms with Gasteiger partial charge < -0.3 is 16.2 Å². The molecule has 4 N–H and O–H groups in total. The van der Waals surface area contributed by atoms with Crippen molar-refractivity contribution < 1.29 is 9.90 Å². The molecule has 2 aromatic rings. The Morgan fingerprint density at radius 2 is 2.00 bits per heavy atom. The highest BCUT2D eigenvalue weighted by atomic mass is 79.9. The van der Waals surface area contributed by atoms with Gasteiger partial charge in [0, 0.05) is 12.1 Å². The number of phenolic OH excluding ortho intramolecular Hbond substituents is 1. The summed E-state index contributed by atoms with van der Waals surface area (Å²) in [6.07, 6.45) is 0.932. The molecule has 0 heterocycles. The largest absolute Gasteiger partial charge is 0.505 e. The number of nitrogen functional groups attached to an aromatic ring is 1. The minimum absolute atomic E-state index is 0.0322. The van der Waals surface area contributed by atoms with Crippen molar-refractivity contribution in [2.75, 3.05) is 11.1 Å². The average molecular weight is 335 g/mol. The van der Waals surface area contributed by atoms with E-state index in [4.69, 9.17) is 5.73 Å². The molecule has 0 aliphatic carbocycles. The van der Waals surface area contributed by atoms with Gasteiger partial charge in [-0.2, -0.15) is 0 Å². The van der Waals surface area contributed by atoms with Crippen molar-refractivity contribution in [3.8, 4) is 5.75 Å². The van der Waals surface area contributed by atoms with E-state index in [1.807, 2.05) is 24.3 Å². The number of benzene rings is 2. The highest BCUT2D eigenvalue weighted by Crippen LogP contribution is 2.31. The number of para-hydroxylation sites is 1. The number of hydrogen-bond acceptors (Lipinski definition) is 3. The fourth-order valence-electron chi connectivity index (χ4n) is 1.84. The molecule has 0 bridgehead atoms. The molecule has 0 radical (unpaired) electrons. The Bertz CT molecular complexity index is 629. The van der Waals surface area contributed by atoms with Crippen LogP contribution in [0.5, 0.6) is 5.75 Å². The smallest absolute Gasteiger partial charge is 0.224 e. The van der Waals surface area contributed by atoms with E-state index >= 15 is 0 Å². The van der Waals surface area contributed by atoms with Crippen molar-refractivity contribution in [2.45, 2.75) is 12.8 Å². The molecule has 0 atom stereocenters. The van der Waals surface area contributed by atoms with Gasteiger partial charge in [-0.3, -0.25) is 4.79 Å². The number of phenols is 1. The molecular weight excluding hydrogens is 320 g/mol. The predicted octanol–water partition coefficient (Wildman–Crippen LogP) is 3.31. The van der Waals surface area contributed by atoms with Crippen LogP contribution in [0.1, 0.15) is 12.0 Å². The lowest BCUT2D eigenvalue weighted by Crippen LogP contribution is -2.12. The van der Waals surface area contributed by atoms with E-state index in [1.165, 1.54) is 0 Å². The number of nitrogens with two attached hydrogens (primary N) is 1.